The normalized spacial score (nSPS) is 16.0. The van der Waals surface area contributed by atoms with Gasteiger partial charge in [0.25, 0.3) is 0 Å². The smallest absolute Gasteiger partial charge is 0.122 e. The van der Waals surface area contributed by atoms with Gasteiger partial charge in [-0.2, -0.15) is 0 Å². The van der Waals surface area contributed by atoms with E-state index in [0.29, 0.717) is 11.5 Å². The van der Waals surface area contributed by atoms with Crippen molar-refractivity contribution in [1.29, 1.82) is 0 Å². The van der Waals surface area contributed by atoms with Crippen LogP contribution in [0.3, 0.4) is 0 Å². The zero-order chi connectivity index (χ0) is 13.9. The van der Waals surface area contributed by atoms with E-state index in [1.54, 1.807) is 0 Å². The Kier molecular flexibility index (Phi) is 4.51. The Morgan fingerprint density at radius 1 is 1.32 bits per heavy atom. The largest absolute Gasteiger partial charge is 0.493 e. The van der Waals surface area contributed by atoms with Crippen LogP contribution in [-0.2, 0) is 12.8 Å². The average molecular weight is 261 g/mol. The third-order valence-corrected chi connectivity index (χ3v) is 3.97. The number of ether oxygens (including phenoxy) is 1. The third kappa shape index (κ3) is 3.73. The Hall–Kier alpha value is -1.02. The molecule has 0 amide bonds. The van der Waals surface area contributed by atoms with E-state index in [0.717, 1.165) is 31.7 Å². The molecule has 0 saturated carbocycles. The summed E-state index contributed by atoms with van der Waals surface area (Å²) >= 11 is 0. The van der Waals surface area contributed by atoms with Crippen LogP contribution >= 0.6 is 0 Å². The zero-order valence-corrected chi connectivity index (χ0v) is 12.8. The minimum absolute atomic E-state index is 0.315. The first-order valence-electron chi connectivity index (χ1n) is 7.48. The summed E-state index contributed by atoms with van der Waals surface area (Å²) in [6.07, 6.45) is 3.40. The quantitative estimate of drug-likeness (QED) is 0.874. The van der Waals surface area contributed by atoms with Crippen LogP contribution in [0.2, 0.25) is 0 Å². The van der Waals surface area contributed by atoms with Crippen molar-refractivity contribution >= 4 is 0 Å². The minimum atomic E-state index is 0.315. The molecule has 0 bridgehead atoms. The highest BCUT2D eigenvalue weighted by atomic mass is 16.5. The summed E-state index contributed by atoms with van der Waals surface area (Å²) in [6, 6.07) is 7.25. The number of rotatable bonds is 5. The predicted molar refractivity (Wildman–Crippen MR) is 80.9 cm³/mol. The molecule has 1 aliphatic rings. The molecule has 1 N–H and O–H groups in total. The van der Waals surface area contributed by atoms with E-state index in [1.807, 2.05) is 0 Å². The summed E-state index contributed by atoms with van der Waals surface area (Å²) in [5.41, 5.74) is 3.14. The van der Waals surface area contributed by atoms with Crippen molar-refractivity contribution in [2.24, 2.45) is 5.41 Å². The second kappa shape index (κ2) is 5.96. The lowest BCUT2D eigenvalue weighted by molar-refractivity contribution is 0.258. The standard InChI is InChI=1S/C17H27NO/c1-5-18-16(17(2,3)4)9-7-13-6-8-15-14(12-13)10-11-19-15/h6,8,12,16,18H,5,7,9-11H2,1-4H3. The number of hydrogen-bond acceptors (Lipinski definition) is 2. The highest BCUT2D eigenvalue weighted by molar-refractivity contribution is 5.39. The van der Waals surface area contributed by atoms with E-state index >= 15 is 0 Å². The average Bonchev–Trinajstić information content (AvgIpc) is 2.80. The lowest BCUT2D eigenvalue weighted by Crippen LogP contribution is -2.40. The van der Waals surface area contributed by atoms with Gasteiger partial charge in [-0.1, -0.05) is 39.8 Å². The van der Waals surface area contributed by atoms with Gasteiger partial charge in [0.2, 0.25) is 0 Å². The number of fused-ring (bicyclic) bond motifs is 1. The van der Waals surface area contributed by atoms with Gasteiger partial charge in [0.15, 0.2) is 0 Å². The number of hydrogen-bond donors (Lipinski definition) is 1. The summed E-state index contributed by atoms with van der Waals surface area (Å²) in [7, 11) is 0. The van der Waals surface area contributed by atoms with Gasteiger partial charge in [0.05, 0.1) is 6.61 Å². The molecule has 0 fully saturated rings. The molecule has 0 aromatic heterocycles. The lowest BCUT2D eigenvalue weighted by atomic mass is 9.83. The second-order valence-electron chi connectivity index (χ2n) is 6.56. The van der Waals surface area contributed by atoms with E-state index in [1.165, 1.54) is 17.5 Å². The Morgan fingerprint density at radius 2 is 2.11 bits per heavy atom. The number of nitrogens with one attached hydrogen (secondary N) is 1. The van der Waals surface area contributed by atoms with Gasteiger partial charge < -0.3 is 10.1 Å². The van der Waals surface area contributed by atoms with E-state index in [4.69, 9.17) is 4.74 Å². The minimum Gasteiger partial charge on any atom is -0.493 e. The topological polar surface area (TPSA) is 21.3 Å². The van der Waals surface area contributed by atoms with Crippen molar-refractivity contribution in [3.8, 4) is 5.75 Å². The van der Waals surface area contributed by atoms with Crippen molar-refractivity contribution in [3.05, 3.63) is 29.3 Å². The van der Waals surface area contributed by atoms with Crippen LogP contribution in [0.4, 0.5) is 0 Å². The van der Waals surface area contributed by atoms with Crippen LogP contribution < -0.4 is 10.1 Å². The van der Waals surface area contributed by atoms with Gasteiger partial charge in [0.1, 0.15) is 5.75 Å². The molecule has 0 radical (unpaired) electrons. The summed E-state index contributed by atoms with van der Waals surface area (Å²) in [5, 5.41) is 3.62. The second-order valence-corrected chi connectivity index (χ2v) is 6.56. The molecule has 19 heavy (non-hydrogen) atoms. The molecule has 1 aromatic rings. The first-order chi connectivity index (χ1) is 9.00. The molecule has 0 aliphatic carbocycles. The molecule has 1 heterocycles. The fourth-order valence-electron chi connectivity index (χ4n) is 2.79. The summed E-state index contributed by atoms with van der Waals surface area (Å²) in [5.74, 6) is 1.09. The Balaban J connectivity index is 1.97. The van der Waals surface area contributed by atoms with Crippen molar-refractivity contribution in [1.82, 2.24) is 5.32 Å². The van der Waals surface area contributed by atoms with Crippen LogP contribution in [0.15, 0.2) is 18.2 Å². The molecule has 0 spiro atoms. The van der Waals surface area contributed by atoms with E-state index in [2.05, 4.69) is 51.2 Å². The van der Waals surface area contributed by atoms with Crippen LogP contribution in [0.5, 0.6) is 5.75 Å². The Morgan fingerprint density at radius 3 is 2.79 bits per heavy atom. The van der Waals surface area contributed by atoms with Gasteiger partial charge in [-0.05, 0) is 42.0 Å². The maximum Gasteiger partial charge on any atom is 0.122 e. The van der Waals surface area contributed by atoms with Crippen molar-refractivity contribution in [2.75, 3.05) is 13.2 Å². The van der Waals surface area contributed by atoms with E-state index in [9.17, 15) is 0 Å². The molecule has 0 saturated heterocycles. The van der Waals surface area contributed by atoms with Crippen molar-refractivity contribution in [3.63, 3.8) is 0 Å². The molecule has 1 atom stereocenters. The van der Waals surface area contributed by atoms with Crippen LogP contribution in [0, 0.1) is 5.41 Å². The molecular formula is C17H27NO. The summed E-state index contributed by atoms with van der Waals surface area (Å²) in [4.78, 5) is 0. The molecule has 1 unspecified atom stereocenters. The van der Waals surface area contributed by atoms with E-state index in [-0.39, 0.29) is 0 Å². The molecule has 1 aliphatic heterocycles. The maximum atomic E-state index is 5.56. The first kappa shape index (κ1) is 14.4. The van der Waals surface area contributed by atoms with Crippen LogP contribution in [-0.4, -0.2) is 19.2 Å². The van der Waals surface area contributed by atoms with Gasteiger partial charge in [-0.15, -0.1) is 0 Å². The van der Waals surface area contributed by atoms with Crippen molar-refractivity contribution < 1.29 is 4.74 Å². The van der Waals surface area contributed by atoms with Gasteiger partial charge in [-0.3, -0.25) is 0 Å². The Bertz CT molecular complexity index is 420. The maximum absolute atomic E-state index is 5.56. The molecule has 2 nitrogen and oxygen atoms in total. The molecule has 1 aromatic carbocycles. The number of aryl methyl sites for hydroxylation is 1. The Labute approximate surface area is 117 Å². The highest BCUT2D eigenvalue weighted by Crippen LogP contribution is 2.28. The fraction of sp³-hybridized carbons (Fsp3) is 0.647. The van der Waals surface area contributed by atoms with Crippen molar-refractivity contribution in [2.45, 2.75) is 53.0 Å². The van der Waals surface area contributed by atoms with Gasteiger partial charge >= 0.3 is 0 Å². The molecule has 2 rings (SSSR count). The predicted octanol–water partition coefficient (Wildman–Crippen LogP) is 3.58. The highest BCUT2D eigenvalue weighted by Gasteiger charge is 2.23. The lowest BCUT2D eigenvalue weighted by Gasteiger charge is -2.31. The fourth-order valence-corrected chi connectivity index (χ4v) is 2.79. The van der Waals surface area contributed by atoms with Crippen LogP contribution in [0.1, 0.15) is 45.2 Å². The zero-order valence-electron chi connectivity index (χ0n) is 12.8. The first-order valence-corrected chi connectivity index (χ1v) is 7.48. The van der Waals surface area contributed by atoms with Crippen LogP contribution in [0.25, 0.3) is 0 Å². The monoisotopic (exact) mass is 261 g/mol. The van der Waals surface area contributed by atoms with Gasteiger partial charge in [0, 0.05) is 12.5 Å². The molecular weight excluding hydrogens is 234 g/mol. The molecule has 106 valence electrons. The number of benzene rings is 1. The van der Waals surface area contributed by atoms with E-state index < -0.39 is 0 Å². The third-order valence-electron chi connectivity index (χ3n) is 3.97. The summed E-state index contributed by atoms with van der Waals surface area (Å²) < 4.78 is 5.56. The van der Waals surface area contributed by atoms with Gasteiger partial charge in [-0.25, -0.2) is 0 Å². The molecule has 2 heteroatoms. The SMILES string of the molecule is CCNC(CCc1ccc2c(c1)CCO2)C(C)(C)C. The summed E-state index contributed by atoms with van der Waals surface area (Å²) in [6.45, 7) is 11.0.